The van der Waals surface area contributed by atoms with Crippen LogP contribution in [0.3, 0.4) is 0 Å². The molecular formula is C7H14NO3P. The van der Waals surface area contributed by atoms with Crippen molar-refractivity contribution in [2.75, 3.05) is 0 Å². The van der Waals surface area contributed by atoms with Crippen molar-refractivity contribution in [3.8, 4) is 6.07 Å². The Morgan fingerprint density at radius 3 is 1.92 bits per heavy atom. The van der Waals surface area contributed by atoms with Crippen molar-refractivity contribution in [3.05, 3.63) is 0 Å². The van der Waals surface area contributed by atoms with Crippen LogP contribution in [0.4, 0.5) is 0 Å². The van der Waals surface area contributed by atoms with E-state index in [1.807, 2.05) is 6.07 Å². The van der Waals surface area contributed by atoms with Gasteiger partial charge in [-0.25, -0.2) is 0 Å². The lowest BCUT2D eigenvalue weighted by Gasteiger charge is -2.29. The molecule has 0 aliphatic carbocycles. The van der Waals surface area contributed by atoms with Crippen LogP contribution in [0.25, 0.3) is 0 Å². The summed E-state index contributed by atoms with van der Waals surface area (Å²) < 4.78 is 11.0. The Bertz CT molecular complexity index is 223. The zero-order chi connectivity index (χ0) is 9.83. The fourth-order valence-electron chi connectivity index (χ4n) is 1.16. The highest BCUT2D eigenvalue weighted by Crippen LogP contribution is 2.56. The van der Waals surface area contributed by atoms with Gasteiger partial charge in [0.25, 0.3) is 0 Å². The Morgan fingerprint density at radius 1 is 1.42 bits per heavy atom. The Balaban J connectivity index is 4.86. The van der Waals surface area contributed by atoms with Crippen LogP contribution in [-0.4, -0.2) is 14.9 Å². The lowest BCUT2D eigenvalue weighted by molar-refractivity contribution is 0.314. The van der Waals surface area contributed by atoms with Crippen LogP contribution in [0.15, 0.2) is 0 Å². The predicted molar refractivity (Wildman–Crippen MR) is 45.6 cm³/mol. The largest absolute Gasteiger partial charge is 0.332 e. The summed E-state index contributed by atoms with van der Waals surface area (Å²) >= 11 is 0. The number of nitrogens with zero attached hydrogens (tertiary/aromatic N) is 1. The van der Waals surface area contributed by atoms with Crippen molar-refractivity contribution in [1.29, 1.82) is 5.26 Å². The molecule has 0 aliphatic heterocycles. The third-order valence-electron chi connectivity index (χ3n) is 2.34. The average Bonchev–Trinajstić information content (AvgIpc) is 1.98. The van der Waals surface area contributed by atoms with Crippen LogP contribution in [0, 0.1) is 11.3 Å². The summed E-state index contributed by atoms with van der Waals surface area (Å²) in [4.78, 5) is 18.0. The van der Waals surface area contributed by atoms with Gasteiger partial charge in [-0.05, 0) is 12.8 Å². The molecule has 0 rings (SSSR count). The minimum absolute atomic E-state index is 0.0791. The normalized spacial score (nSPS) is 12.6. The van der Waals surface area contributed by atoms with Crippen molar-refractivity contribution in [3.63, 3.8) is 0 Å². The third kappa shape index (κ3) is 2.07. The highest BCUT2D eigenvalue weighted by molar-refractivity contribution is 7.53. The molecule has 5 heteroatoms. The summed E-state index contributed by atoms with van der Waals surface area (Å²) in [6.07, 6.45) is 0.590. The van der Waals surface area contributed by atoms with E-state index in [2.05, 4.69) is 0 Å². The number of nitriles is 1. The summed E-state index contributed by atoms with van der Waals surface area (Å²) in [7, 11) is -4.15. The highest BCUT2D eigenvalue weighted by atomic mass is 31.2. The van der Waals surface area contributed by atoms with Crippen molar-refractivity contribution in [2.24, 2.45) is 0 Å². The van der Waals surface area contributed by atoms with E-state index in [0.29, 0.717) is 12.8 Å². The van der Waals surface area contributed by atoms with Gasteiger partial charge in [-0.15, -0.1) is 0 Å². The second kappa shape index (κ2) is 4.04. The van der Waals surface area contributed by atoms with E-state index < -0.39 is 12.8 Å². The summed E-state index contributed by atoms with van der Waals surface area (Å²) in [5, 5.41) is 7.31. The quantitative estimate of drug-likeness (QED) is 0.662. The molecule has 0 atom stereocenters. The van der Waals surface area contributed by atoms with Gasteiger partial charge in [-0.1, -0.05) is 13.8 Å². The smallest absolute Gasteiger partial charge is 0.324 e. The van der Waals surface area contributed by atoms with E-state index in [4.69, 9.17) is 15.0 Å². The molecule has 0 bridgehead atoms. The number of hydrogen-bond donors (Lipinski definition) is 2. The monoisotopic (exact) mass is 191 g/mol. The van der Waals surface area contributed by atoms with Gasteiger partial charge < -0.3 is 9.79 Å². The molecule has 0 aromatic rings. The first kappa shape index (κ1) is 11.6. The molecule has 0 radical (unpaired) electrons. The zero-order valence-electron chi connectivity index (χ0n) is 7.32. The van der Waals surface area contributed by atoms with Crippen LogP contribution in [-0.2, 0) is 4.57 Å². The molecule has 0 fully saturated rings. The van der Waals surface area contributed by atoms with E-state index in [-0.39, 0.29) is 6.42 Å². The van der Waals surface area contributed by atoms with E-state index in [1.165, 1.54) is 0 Å². The van der Waals surface area contributed by atoms with Crippen molar-refractivity contribution < 1.29 is 14.4 Å². The Morgan fingerprint density at radius 2 is 1.83 bits per heavy atom. The second-order valence-corrected chi connectivity index (χ2v) is 4.85. The predicted octanol–water partition coefficient (Wildman–Crippen LogP) is 1.64. The van der Waals surface area contributed by atoms with Gasteiger partial charge in [0, 0.05) is 0 Å². The van der Waals surface area contributed by atoms with Crippen LogP contribution in [0.2, 0.25) is 0 Å². The molecular weight excluding hydrogens is 177 g/mol. The van der Waals surface area contributed by atoms with Crippen LogP contribution in [0.5, 0.6) is 0 Å². The van der Waals surface area contributed by atoms with Crippen LogP contribution >= 0.6 is 7.60 Å². The molecule has 12 heavy (non-hydrogen) atoms. The molecule has 0 saturated heterocycles. The molecule has 4 nitrogen and oxygen atoms in total. The Hall–Kier alpha value is -0.360. The molecule has 0 aromatic heterocycles. The van der Waals surface area contributed by atoms with Gasteiger partial charge in [0.05, 0.1) is 17.6 Å². The highest BCUT2D eigenvalue weighted by Gasteiger charge is 2.43. The van der Waals surface area contributed by atoms with Gasteiger partial charge in [0.1, 0.15) is 0 Å². The summed E-state index contributed by atoms with van der Waals surface area (Å²) in [6.45, 7) is 3.39. The van der Waals surface area contributed by atoms with Crippen molar-refractivity contribution in [2.45, 2.75) is 38.3 Å². The molecule has 0 amide bonds. The van der Waals surface area contributed by atoms with Gasteiger partial charge >= 0.3 is 7.60 Å². The van der Waals surface area contributed by atoms with Crippen molar-refractivity contribution >= 4 is 7.60 Å². The molecule has 0 unspecified atom stereocenters. The van der Waals surface area contributed by atoms with Crippen LogP contribution < -0.4 is 0 Å². The first-order valence-electron chi connectivity index (χ1n) is 3.86. The number of rotatable bonds is 4. The van der Waals surface area contributed by atoms with Crippen molar-refractivity contribution in [1.82, 2.24) is 0 Å². The topological polar surface area (TPSA) is 81.3 Å². The fourth-order valence-corrected chi connectivity index (χ4v) is 2.26. The summed E-state index contributed by atoms with van der Waals surface area (Å²) in [6, 6.07) is 1.82. The van der Waals surface area contributed by atoms with Gasteiger partial charge in [0.15, 0.2) is 0 Å². The first-order valence-corrected chi connectivity index (χ1v) is 5.47. The molecule has 70 valence electrons. The minimum Gasteiger partial charge on any atom is -0.324 e. The second-order valence-electron chi connectivity index (χ2n) is 2.81. The van der Waals surface area contributed by atoms with Gasteiger partial charge in [-0.2, -0.15) is 5.26 Å². The van der Waals surface area contributed by atoms with E-state index >= 15 is 0 Å². The van der Waals surface area contributed by atoms with E-state index in [0.717, 1.165) is 0 Å². The maximum Gasteiger partial charge on any atom is 0.332 e. The van der Waals surface area contributed by atoms with E-state index in [9.17, 15) is 4.57 Å². The SMILES string of the molecule is CCC(CC)(CC#N)P(=O)(O)O. The molecule has 0 aliphatic rings. The molecule has 0 aromatic carbocycles. The Kier molecular flexibility index (Phi) is 3.92. The van der Waals surface area contributed by atoms with Gasteiger partial charge in [-0.3, -0.25) is 4.57 Å². The van der Waals surface area contributed by atoms with E-state index in [1.54, 1.807) is 13.8 Å². The molecule has 0 spiro atoms. The minimum atomic E-state index is -4.15. The summed E-state index contributed by atoms with van der Waals surface area (Å²) in [5.74, 6) is 0. The first-order chi connectivity index (χ1) is 5.43. The third-order valence-corrected chi connectivity index (χ3v) is 4.37. The van der Waals surface area contributed by atoms with Gasteiger partial charge in [0.2, 0.25) is 0 Å². The lowest BCUT2D eigenvalue weighted by Crippen LogP contribution is -2.26. The lowest BCUT2D eigenvalue weighted by atomic mass is 9.99. The molecule has 0 saturated carbocycles. The van der Waals surface area contributed by atoms with Crippen LogP contribution in [0.1, 0.15) is 33.1 Å². The molecule has 0 heterocycles. The fraction of sp³-hybridized carbons (Fsp3) is 0.857. The summed E-state index contributed by atoms with van der Waals surface area (Å²) in [5.41, 5.74) is 0. The maximum atomic E-state index is 11.0. The number of hydrogen-bond acceptors (Lipinski definition) is 2. The average molecular weight is 191 g/mol. The molecule has 2 N–H and O–H groups in total. The Labute approximate surface area is 72.4 Å². The standard InChI is InChI=1S/C7H14NO3P/c1-3-7(4-2,5-6-8)12(9,10)11/h3-5H2,1-2H3,(H2,9,10,11). The zero-order valence-corrected chi connectivity index (χ0v) is 8.21. The maximum absolute atomic E-state index is 11.0.